The first-order valence-electron chi connectivity index (χ1n) is 8.43. The summed E-state index contributed by atoms with van der Waals surface area (Å²) in [5.41, 5.74) is 3.41. The number of carbonyl (C=O) groups excluding carboxylic acids is 1. The molecule has 1 N–H and O–H groups in total. The summed E-state index contributed by atoms with van der Waals surface area (Å²) in [5, 5.41) is 3.27. The van der Waals surface area contributed by atoms with Crippen molar-refractivity contribution in [1.29, 1.82) is 0 Å². The van der Waals surface area contributed by atoms with E-state index in [-0.39, 0.29) is 5.41 Å². The van der Waals surface area contributed by atoms with Gasteiger partial charge < -0.3 is 5.32 Å². The monoisotopic (exact) mass is 283 g/mol. The number of hydrogen-bond acceptors (Lipinski definition) is 1. The molecule has 21 heavy (non-hydrogen) atoms. The lowest BCUT2D eigenvalue weighted by Gasteiger charge is -2.55. The molecule has 112 valence electrons. The first-order chi connectivity index (χ1) is 10.1. The third-order valence-electron chi connectivity index (χ3n) is 6.37. The van der Waals surface area contributed by atoms with Gasteiger partial charge in [0.15, 0.2) is 0 Å². The molecular formula is C19H25NO. The Morgan fingerprint density at radius 2 is 1.62 bits per heavy atom. The summed E-state index contributed by atoms with van der Waals surface area (Å²) in [6, 6.07) is 6.19. The Hall–Kier alpha value is -1.31. The Morgan fingerprint density at radius 3 is 2.19 bits per heavy atom. The summed E-state index contributed by atoms with van der Waals surface area (Å²) in [6.07, 6.45) is 7.56. The average molecular weight is 283 g/mol. The number of nitrogens with one attached hydrogen (secondary N) is 1. The summed E-state index contributed by atoms with van der Waals surface area (Å²) in [4.78, 5) is 13.0. The number of carbonyl (C=O) groups is 1. The lowest BCUT2D eigenvalue weighted by Crippen LogP contribution is -2.51. The van der Waals surface area contributed by atoms with Gasteiger partial charge in [-0.1, -0.05) is 12.1 Å². The Kier molecular flexibility index (Phi) is 2.92. The molecule has 4 bridgehead atoms. The van der Waals surface area contributed by atoms with E-state index in [4.69, 9.17) is 0 Å². The average Bonchev–Trinajstić information content (AvgIpc) is 2.42. The van der Waals surface area contributed by atoms with Gasteiger partial charge in [-0.25, -0.2) is 0 Å². The molecule has 4 aliphatic carbocycles. The fourth-order valence-electron chi connectivity index (χ4n) is 5.53. The van der Waals surface area contributed by atoms with Crippen LogP contribution < -0.4 is 5.32 Å². The second-order valence-electron chi connectivity index (χ2n) is 7.90. The number of benzene rings is 1. The highest BCUT2D eigenvalue weighted by molar-refractivity contribution is 5.96. The van der Waals surface area contributed by atoms with Crippen molar-refractivity contribution in [3.8, 4) is 0 Å². The number of anilines is 1. The van der Waals surface area contributed by atoms with Gasteiger partial charge in [-0.05, 0) is 87.3 Å². The maximum Gasteiger partial charge on any atom is 0.230 e. The lowest BCUT2D eigenvalue weighted by molar-refractivity contribution is -0.140. The van der Waals surface area contributed by atoms with E-state index in [0.29, 0.717) is 5.91 Å². The van der Waals surface area contributed by atoms with Crippen LogP contribution in [0.3, 0.4) is 0 Å². The quantitative estimate of drug-likeness (QED) is 0.853. The topological polar surface area (TPSA) is 29.1 Å². The van der Waals surface area contributed by atoms with E-state index in [0.717, 1.165) is 42.7 Å². The molecule has 2 nitrogen and oxygen atoms in total. The molecule has 4 fully saturated rings. The van der Waals surface area contributed by atoms with Crippen molar-refractivity contribution in [3.05, 3.63) is 29.3 Å². The van der Waals surface area contributed by atoms with Crippen LogP contribution in [0.25, 0.3) is 0 Å². The van der Waals surface area contributed by atoms with Gasteiger partial charge in [0.1, 0.15) is 0 Å². The van der Waals surface area contributed by atoms with Crippen LogP contribution in [0.1, 0.15) is 49.7 Å². The van der Waals surface area contributed by atoms with E-state index in [2.05, 4.69) is 25.2 Å². The first kappa shape index (κ1) is 13.4. The Balaban J connectivity index is 1.59. The van der Waals surface area contributed by atoms with Gasteiger partial charge in [-0.3, -0.25) is 4.79 Å². The molecule has 1 aromatic rings. The zero-order valence-electron chi connectivity index (χ0n) is 13.1. The molecule has 4 saturated carbocycles. The molecule has 0 radical (unpaired) electrons. The van der Waals surface area contributed by atoms with E-state index >= 15 is 0 Å². The van der Waals surface area contributed by atoms with Crippen LogP contribution in [-0.4, -0.2) is 5.91 Å². The van der Waals surface area contributed by atoms with Gasteiger partial charge in [-0.2, -0.15) is 0 Å². The van der Waals surface area contributed by atoms with Crippen LogP contribution in [0.5, 0.6) is 0 Å². The van der Waals surface area contributed by atoms with E-state index < -0.39 is 0 Å². The molecule has 1 aromatic carbocycles. The smallest absolute Gasteiger partial charge is 0.230 e. The van der Waals surface area contributed by atoms with E-state index in [9.17, 15) is 4.79 Å². The Bertz CT molecular complexity index is 554. The van der Waals surface area contributed by atoms with Gasteiger partial charge in [0, 0.05) is 5.69 Å². The zero-order valence-corrected chi connectivity index (χ0v) is 13.1. The highest BCUT2D eigenvalue weighted by Gasteiger charge is 2.54. The van der Waals surface area contributed by atoms with E-state index in [1.807, 2.05) is 12.1 Å². The Labute approximate surface area is 127 Å². The van der Waals surface area contributed by atoms with Crippen molar-refractivity contribution >= 4 is 11.6 Å². The van der Waals surface area contributed by atoms with E-state index in [1.165, 1.54) is 30.4 Å². The molecule has 0 heterocycles. The SMILES string of the molecule is Cc1cccc(NC(=O)C23CC4CC(CC(C4)C2)C3)c1C. The fraction of sp³-hybridized carbons (Fsp3) is 0.632. The maximum atomic E-state index is 13.0. The predicted molar refractivity (Wildman–Crippen MR) is 85.2 cm³/mol. The van der Waals surface area contributed by atoms with Crippen LogP contribution in [0.15, 0.2) is 18.2 Å². The molecule has 0 saturated heterocycles. The van der Waals surface area contributed by atoms with Gasteiger partial charge in [0.05, 0.1) is 5.41 Å². The first-order valence-corrected chi connectivity index (χ1v) is 8.43. The molecule has 2 heteroatoms. The third kappa shape index (κ3) is 2.11. The molecule has 0 atom stereocenters. The van der Waals surface area contributed by atoms with Crippen molar-refractivity contribution in [1.82, 2.24) is 0 Å². The minimum atomic E-state index is -0.0507. The maximum absolute atomic E-state index is 13.0. The molecule has 1 amide bonds. The summed E-state index contributed by atoms with van der Waals surface area (Å²) >= 11 is 0. The summed E-state index contributed by atoms with van der Waals surface area (Å²) in [6.45, 7) is 4.21. The minimum absolute atomic E-state index is 0.0507. The summed E-state index contributed by atoms with van der Waals surface area (Å²) < 4.78 is 0. The largest absolute Gasteiger partial charge is 0.325 e. The second kappa shape index (κ2) is 4.59. The van der Waals surface area contributed by atoms with Crippen molar-refractivity contribution in [3.63, 3.8) is 0 Å². The summed E-state index contributed by atoms with van der Waals surface area (Å²) in [7, 11) is 0. The number of rotatable bonds is 2. The molecule has 0 unspecified atom stereocenters. The standard InChI is InChI=1S/C19H25NO/c1-12-4-3-5-17(13(12)2)20-18(21)19-9-14-6-15(10-19)8-16(7-14)11-19/h3-5,14-16H,6-11H2,1-2H3,(H,20,21). The Morgan fingerprint density at radius 1 is 1.05 bits per heavy atom. The van der Waals surface area contributed by atoms with Gasteiger partial charge >= 0.3 is 0 Å². The van der Waals surface area contributed by atoms with Crippen molar-refractivity contribution in [2.45, 2.75) is 52.4 Å². The number of amides is 1. The predicted octanol–water partition coefficient (Wildman–Crippen LogP) is 4.46. The highest BCUT2D eigenvalue weighted by Crippen LogP contribution is 2.60. The third-order valence-corrected chi connectivity index (χ3v) is 6.37. The highest BCUT2D eigenvalue weighted by atomic mass is 16.2. The summed E-state index contributed by atoms with van der Waals surface area (Å²) in [5.74, 6) is 2.76. The molecule has 5 rings (SSSR count). The van der Waals surface area contributed by atoms with Crippen LogP contribution in [0, 0.1) is 37.0 Å². The molecule has 0 aliphatic heterocycles. The van der Waals surface area contributed by atoms with E-state index in [1.54, 1.807) is 0 Å². The molecule has 0 spiro atoms. The van der Waals surface area contributed by atoms with Crippen LogP contribution in [0.2, 0.25) is 0 Å². The van der Waals surface area contributed by atoms with Crippen LogP contribution >= 0.6 is 0 Å². The van der Waals surface area contributed by atoms with Gasteiger partial charge in [-0.15, -0.1) is 0 Å². The van der Waals surface area contributed by atoms with Crippen molar-refractivity contribution in [2.24, 2.45) is 23.2 Å². The zero-order chi connectivity index (χ0) is 14.6. The fourth-order valence-corrected chi connectivity index (χ4v) is 5.53. The minimum Gasteiger partial charge on any atom is -0.325 e. The number of hydrogen-bond donors (Lipinski definition) is 1. The molecule has 0 aromatic heterocycles. The second-order valence-corrected chi connectivity index (χ2v) is 7.90. The lowest BCUT2D eigenvalue weighted by atomic mass is 9.49. The normalized spacial score (nSPS) is 36.8. The van der Waals surface area contributed by atoms with Crippen molar-refractivity contribution < 1.29 is 4.79 Å². The molecule has 4 aliphatic rings. The molecular weight excluding hydrogens is 258 g/mol. The van der Waals surface area contributed by atoms with Gasteiger partial charge in [0.2, 0.25) is 5.91 Å². The van der Waals surface area contributed by atoms with Crippen LogP contribution in [0.4, 0.5) is 5.69 Å². The van der Waals surface area contributed by atoms with Gasteiger partial charge in [0.25, 0.3) is 0 Å². The van der Waals surface area contributed by atoms with Crippen LogP contribution in [-0.2, 0) is 4.79 Å². The van der Waals surface area contributed by atoms with Crippen molar-refractivity contribution in [2.75, 3.05) is 5.32 Å². The number of aryl methyl sites for hydroxylation is 1.